The maximum Gasteiger partial charge on any atom is 0.0188 e. The highest BCUT2D eigenvalue weighted by Gasteiger charge is 2.15. The van der Waals surface area contributed by atoms with Crippen molar-refractivity contribution in [2.24, 2.45) is 5.73 Å². The van der Waals surface area contributed by atoms with Gasteiger partial charge in [0.15, 0.2) is 0 Å². The zero-order valence-electron chi connectivity index (χ0n) is 14.3. The van der Waals surface area contributed by atoms with Gasteiger partial charge in [-0.1, -0.05) is 72.8 Å². The average molecular weight is 343 g/mol. The SMILES string of the molecule is CSCc1ccc2ccccc2c1-c1c(CN)ccc2ccccc12. The molecule has 4 rings (SSSR count). The molecule has 0 aliphatic rings. The van der Waals surface area contributed by atoms with Crippen LogP contribution in [0.5, 0.6) is 0 Å². The fraction of sp³-hybridized carbons (Fsp3) is 0.130. The largest absolute Gasteiger partial charge is 0.326 e. The summed E-state index contributed by atoms with van der Waals surface area (Å²) in [5.74, 6) is 0.993. The minimum absolute atomic E-state index is 0.544. The Labute approximate surface area is 152 Å². The summed E-state index contributed by atoms with van der Waals surface area (Å²) < 4.78 is 0. The average Bonchev–Trinajstić information content (AvgIpc) is 2.67. The van der Waals surface area contributed by atoms with Gasteiger partial charge in [0.05, 0.1) is 0 Å². The Morgan fingerprint density at radius 3 is 1.76 bits per heavy atom. The van der Waals surface area contributed by atoms with Crippen LogP contribution in [0.4, 0.5) is 0 Å². The Morgan fingerprint density at radius 1 is 0.680 bits per heavy atom. The third-order valence-electron chi connectivity index (χ3n) is 4.80. The molecule has 0 heterocycles. The van der Waals surface area contributed by atoms with Gasteiger partial charge in [-0.3, -0.25) is 0 Å². The van der Waals surface area contributed by atoms with Gasteiger partial charge in [0, 0.05) is 12.3 Å². The quantitative estimate of drug-likeness (QED) is 0.493. The first kappa shape index (κ1) is 16.2. The van der Waals surface area contributed by atoms with E-state index in [1.807, 2.05) is 11.8 Å². The van der Waals surface area contributed by atoms with E-state index in [4.69, 9.17) is 5.73 Å². The van der Waals surface area contributed by atoms with Gasteiger partial charge < -0.3 is 5.73 Å². The summed E-state index contributed by atoms with van der Waals surface area (Å²) in [6.07, 6.45) is 2.16. The third-order valence-corrected chi connectivity index (χ3v) is 5.40. The van der Waals surface area contributed by atoms with Gasteiger partial charge in [-0.05, 0) is 50.1 Å². The Balaban J connectivity index is 2.17. The van der Waals surface area contributed by atoms with E-state index in [1.165, 1.54) is 43.8 Å². The van der Waals surface area contributed by atoms with Crippen molar-refractivity contribution in [3.8, 4) is 11.1 Å². The first-order valence-electron chi connectivity index (χ1n) is 8.54. The number of hydrogen-bond donors (Lipinski definition) is 1. The molecule has 0 aliphatic heterocycles. The molecule has 0 fully saturated rings. The van der Waals surface area contributed by atoms with E-state index in [0.29, 0.717) is 6.54 Å². The predicted molar refractivity (Wildman–Crippen MR) is 112 cm³/mol. The summed E-state index contributed by atoms with van der Waals surface area (Å²) in [6.45, 7) is 0.544. The van der Waals surface area contributed by atoms with Gasteiger partial charge in [-0.25, -0.2) is 0 Å². The van der Waals surface area contributed by atoms with Crippen molar-refractivity contribution in [1.29, 1.82) is 0 Å². The van der Waals surface area contributed by atoms with Crippen LogP contribution in [0.25, 0.3) is 32.7 Å². The maximum absolute atomic E-state index is 6.14. The van der Waals surface area contributed by atoms with Crippen molar-refractivity contribution < 1.29 is 0 Å². The highest BCUT2D eigenvalue weighted by Crippen LogP contribution is 2.39. The van der Waals surface area contributed by atoms with Crippen LogP contribution in [-0.4, -0.2) is 6.26 Å². The molecule has 0 atom stereocenters. The van der Waals surface area contributed by atoms with E-state index in [-0.39, 0.29) is 0 Å². The highest BCUT2D eigenvalue weighted by atomic mass is 32.2. The lowest BCUT2D eigenvalue weighted by Gasteiger charge is -2.18. The molecule has 0 aliphatic carbocycles. The van der Waals surface area contributed by atoms with Crippen LogP contribution in [0.15, 0.2) is 72.8 Å². The molecule has 25 heavy (non-hydrogen) atoms. The lowest BCUT2D eigenvalue weighted by Crippen LogP contribution is -2.01. The number of thioether (sulfide) groups is 1. The van der Waals surface area contributed by atoms with Gasteiger partial charge in [0.2, 0.25) is 0 Å². The minimum atomic E-state index is 0.544. The Bertz CT molecular complexity index is 1050. The third kappa shape index (κ3) is 2.82. The molecule has 0 bridgehead atoms. The summed E-state index contributed by atoms with van der Waals surface area (Å²) in [5, 5.41) is 5.13. The molecule has 0 spiro atoms. The van der Waals surface area contributed by atoms with Gasteiger partial charge in [0.25, 0.3) is 0 Å². The number of benzene rings is 4. The second-order valence-electron chi connectivity index (χ2n) is 6.28. The van der Waals surface area contributed by atoms with E-state index < -0.39 is 0 Å². The molecule has 4 aromatic carbocycles. The van der Waals surface area contributed by atoms with Crippen molar-refractivity contribution in [3.63, 3.8) is 0 Å². The molecule has 2 heteroatoms. The summed E-state index contributed by atoms with van der Waals surface area (Å²) in [5.41, 5.74) is 11.4. The molecule has 2 N–H and O–H groups in total. The summed E-state index contributed by atoms with van der Waals surface area (Å²) in [6, 6.07) is 26.1. The number of rotatable bonds is 4. The monoisotopic (exact) mass is 343 g/mol. The molecule has 0 saturated heterocycles. The standard InChI is InChI=1S/C23H21NS/c1-25-15-19-13-11-17-7-3-5-9-21(17)23(19)22-18(14-24)12-10-16-6-2-4-8-20(16)22/h2-13H,14-15,24H2,1H3. The van der Waals surface area contributed by atoms with Crippen LogP contribution in [0.2, 0.25) is 0 Å². The van der Waals surface area contributed by atoms with E-state index in [0.717, 1.165) is 5.75 Å². The van der Waals surface area contributed by atoms with Crippen LogP contribution >= 0.6 is 11.8 Å². The highest BCUT2D eigenvalue weighted by molar-refractivity contribution is 7.97. The lowest BCUT2D eigenvalue weighted by molar-refractivity contribution is 1.08. The van der Waals surface area contributed by atoms with Gasteiger partial charge in [-0.15, -0.1) is 0 Å². The molecule has 0 saturated carbocycles. The van der Waals surface area contributed by atoms with Crippen LogP contribution < -0.4 is 5.73 Å². The first-order chi connectivity index (χ1) is 12.3. The topological polar surface area (TPSA) is 26.0 Å². The minimum Gasteiger partial charge on any atom is -0.326 e. The molecule has 0 unspecified atom stereocenters. The van der Waals surface area contributed by atoms with Crippen molar-refractivity contribution >= 4 is 33.3 Å². The molecule has 4 aromatic rings. The smallest absolute Gasteiger partial charge is 0.0188 e. The van der Waals surface area contributed by atoms with E-state index in [9.17, 15) is 0 Å². The maximum atomic E-state index is 6.14. The van der Waals surface area contributed by atoms with E-state index in [2.05, 4.69) is 79.1 Å². The number of hydrogen-bond acceptors (Lipinski definition) is 2. The van der Waals surface area contributed by atoms with Crippen molar-refractivity contribution in [3.05, 3.63) is 83.9 Å². The van der Waals surface area contributed by atoms with Crippen molar-refractivity contribution in [2.75, 3.05) is 6.26 Å². The van der Waals surface area contributed by atoms with E-state index >= 15 is 0 Å². The normalized spacial score (nSPS) is 11.3. The molecular formula is C23H21NS. The molecule has 124 valence electrons. The lowest BCUT2D eigenvalue weighted by atomic mass is 9.87. The van der Waals surface area contributed by atoms with Gasteiger partial charge in [-0.2, -0.15) is 11.8 Å². The fourth-order valence-electron chi connectivity index (χ4n) is 3.67. The fourth-order valence-corrected chi connectivity index (χ4v) is 4.22. The molecule has 0 amide bonds. The number of nitrogens with two attached hydrogens (primary N) is 1. The van der Waals surface area contributed by atoms with Crippen molar-refractivity contribution in [2.45, 2.75) is 12.3 Å². The Kier molecular flexibility index (Phi) is 4.48. The molecular weight excluding hydrogens is 322 g/mol. The molecule has 1 nitrogen and oxygen atoms in total. The number of fused-ring (bicyclic) bond motifs is 2. The van der Waals surface area contributed by atoms with Crippen LogP contribution in [0, 0.1) is 0 Å². The second kappa shape index (κ2) is 6.91. The first-order valence-corrected chi connectivity index (χ1v) is 9.93. The van der Waals surface area contributed by atoms with Crippen molar-refractivity contribution in [1.82, 2.24) is 0 Å². The van der Waals surface area contributed by atoms with Gasteiger partial charge >= 0.3 is 0 Å². The van der Waals surface area contributed by atoms with Crippen LogP contribution in [0.1, 0.15) is 11.1 Å². The molecule has 0 radical (unpaired) electrons. The summed E-state index contributed by atoms with van der Waals surface area (Å²) >= 11 is 1.86. The zero-order valence-corrected chi connectivity index (χ0v) is 15.1. The zero-order chi connectivity index (χ0) is 17.2. The summed E-state index contributed by atoms with van der Waals surface area (Å²) in [7, 11) is 0. The van der Waals surface area contributed by atoms with E-state index in [1.54, 1.807) is 0 Å². The predicted octanol–water partition coefficient (Wildman–Crippen LogP) is 5.98. The Hall–Kier alpha value is -2.29. The molecule has 0 aromatic heterocycles. The second-order valence-corrected chi connectivity index (χ2v) is 7.14. The van der Waals surface area contributed by atoms with Crippen LogP contribution in [0.3, 0.4) is 0 Å². The van der Waals surface area contributed by atoms with Gasteiger partial charge in [0.1, 0.15) is 0 Å². The Morgan fingerprint density at radius 2 is 1.20 bits per heavy atom. The van der Waals surface area contributed by atoms with Crippen LogP contribution in [-0.2, 0) is 12.3 Å². The summed E-state index contributed by atoms with van der Waals surface area (Å²) in [4.78, 5) is 0.